The van der Waals surface area contributed by atoms with E-state index in [-0.39, 0.29) is 11.4 Å². The van der Waals surface area contributed by atoms with E-state index in [2.05, 4.69) is 29.4 Å². The van der Waals surface area contributed by atoms with Crippen molar-refractivity contribution in [1.82, 2.24) is 15.5 Å². The molecule has 1 aliphatic rings. The fraction of sp³-hybridized carbons (Fsp3) is 0.938. The first-order valence-corrected chi connectivity index (χ1v) is 8.33. The molecule has 0 radical (unpaired) electrons. The molecule has 4 nitrogen and oxygen atoms in total. The minimum absolute atomic E-state index is 0.0518. The fourth-order valence-corrected chi connectivity index (χ4v) is 3.21. The average molecular weight is 283 g/mol. The van der Waals surface area contributed by atoms with Crippen molar-refractivity contribution in [2.45, 2.75) is 64.3 Å². The normalized spacial score (nSPS) is 18.2. The molecule has 0 saturated heterocycles. The van der Waals surface area contributed by atoms with E-state index in [1.165, 1.54) is 25.7 Å². The predicted molar refractivity (Wildman–Crippen MR) is 84.9 cm³/mol. The SMILES string of the molecule is CCCN(CC)CCNC(=O)CC1(NC)CCCCC1. The van der Waals surface area contributed by atoms with E-state index >= 15 is 0 Å². The number of nitrogens with zero attached hydrogens (tertiary/aromatic N) is 1. The number of hydrogen-bond acceptors (Lipinski definition) is 3. The highest BCUT2D eigenvalue weighted by molar-refractivity contribution is 5.77. The predicted octanol–water partition coefficient (Wildman–Crippen LogP) is 2.15. The number of likely N-dealkylation sites (N-methyl/N-ethyl adjacent to an activating group) is 1. The number of carbonyl (C=O) groups is 1. The van der Waals surface area contributed by atoms with E-state index in [0.29, 0.717) is 6.42 Å². The molecule has 20 heavy (non-hydrogen) atoms. The second-order valence-electron chi connectivity index (χ2n) is 6.05. The number of hydrogen-bond donors (Lipinski definition) is 2. The molecule has 0 unspecified atom stereocenters. The quantitative estimate of drug-likeness (QED) is 0.681. The molecule has 0 aromatic rings. The third-order valence-corrected chi connectivity index (χ3v) is 4.58. The Kier molecular flexibility index (Phi) is 8.15. The first-order chi connectivity index (χ1) is 9.65. The molecule has 0 aromatic carbocycles. The fourth-order valence-electron chi connectivity index (χ4n) is 3.21. The molecule has 0 bridgehead atoms. The zero-order valence-corrected chi connectivity index (χ0v) is 13.6. The second-order valence-corrected chi connectivity index (χ2v) is 6.05. The largest absolute Gasteiger partial charge is 0.355 e. The van der Waals surface area contributed by atoms with Gasteiger partial charge >= 0.3 is 0 Å². The van der Waals surface area contributed by atoms with Crippen LogP contribution in [0.15, 0.2) is 0 Å². The molecule has 1 saturated carbocycles. The minimum atomic E-state index is 0.0518. The van der Waals surface area contributed by atoms with Crippen LogP contribution in [-0.4, -0.2) is 49.6 Å². The van der Waals surface area contributed by atoms with Crippen molar-refractivity contribution < 1.29 is 4.79 Å². The van der Waals surface area contributed by atoms with E-state index in [0.717, 1.165) is 39.0 Å². The molecule has 0 aromatic heterocycles. The van der Waals surface area contributed by atoms with E-state index in [9.17, 15) is 4.79 Å². The van der Waals surface area contributed by atoms with Crippen molar-refractivity contribution in [3.63, 3.8) is 0 Å². The highest BCUT2D eigenvalue weighted by atomic mass is 16.1. The zero-order valence-electron chi connectivity index (χ0n) is 13.6. The lowest BCUT2D eigenvalue weighted by molar-refractivity contribution is -0.122. The summed E-state index contributed by atoms with van der Waals surface area (Å²) >= 11 is 0. The van der Waals surface area contributed by atoms with Gasteiger partial charge in [0.1, 0.15) is 0 Å². The third-order valence-electron chi connectivity index (χ3n) is 4.58. The Morgan fingerprint density at radius 1 is 1.15 bits per heavy atom. The molecule has 1 fully saturated rings. The highest BCUT2D eigenvalue weighted by Gasteiger charge is 2.32. The van der Waals surface area contributed by atoms with Crippen LogP contribution in [0.1, 0.15) is 58.8 Å². The second kappa shape index (κ2) is 9.35. The van der Waals surface area contributed by atoms with Gasteiger partial charge in [-0.2, -0.15) is 0 Å². The van der Waals surface area contributed by atoms with Gasteiger partial charge in [-0.25, -0.2) is 0 Å². The smallest absolute Gasteiger partial charge is 0.221 e. The van der Waals surface area contributed by atoms with Crippen molar-refractivity contribution in [2.75, 3.05) is 33.2 Å². The van der Waals surface area contributed by atoms with Crippen LogP contribution < -0.4 is 10.6 Å². The Balaban J connectivity index is 2.28. The zero-order chi connectivity index (χ0) is 14.8. The molecular weight excluding hydrogens is 250 g/mol. The van der Waals surface area contributed by atoms with Crippen LogP contribution in [0.25, 0.3) is 0 Å². The van der Waals surface area contributed by atoms with E-state index in [1.54, 1.807) is 0 Å². The molecule has 0 spiro atoms. The summed E-state index contributed by atoms with van der Waals surface area (Å²) < 4.78 is 0. The Morgan fingerprint density at radius 2 is 1.85 bits per heavy atom. The highest BCUT2D eigenvalue weighted by Crippen LogP contribution is 2.30. The Labute approximate surface area is 124 Å². The van der Waals surface area contributed by atoms with Crippen LogP contribution >= 0.6 is 0 Å². The third kappa shape index (κ3) is 5.80. The summed E-state index contributed by atoms with van der Waals surface area (Å²) in [5.41, 5.74) is 0.0518. The maximum absolute atomic E-state index is 12.1. The van der Waals surface area contributed by atoms with Crippen molar-refractivity contribution in [3.8, 4) is 0 Å². The van der Waals surface area contributed by atoms with Crippen molar-refractivity contribution >= 4 is 5.91 Å². The number of carbonyl (C=O) groups excluding carboxylic acids is 1. The summed E-state index contributed by atoms with van der Waals surface area (Å²) in [5.74, 6) is 0.203. The van der Waals surface area contributed by atoms with Gasteiger partial charge in [0, 0.05) is 25.0 Å². The van der Waals surface area contributed by atoms with Crippen LogP contribution in [0.3, 0.4) is 0 Å². The minimum Gasteiger partial charge on any atom is -0.355 e. The van der Waals surface area contributed by atoms with Gasteiger partial charge in [0.15, 0.2) is 0 Å². The molecule has 1 amide bonds. The van der Waals surface area contributed by atoms with Gasteiger partial charge in [-0.15, -0.1) is 0 Å². The van der Waals surface area contributed by atoms with Crippen molar-refractivity contribution in [2.24, 2.45) is 0 Å². The Hall–Kier alpha value is -0.610. The summed E-state index contributed by atoms with van der Waals surface area (Å²) in [5, 5.41) is 6.50. The summed E-state index contributed by atoms with van der Waals surface area (Å²) in [6.07, 6.45) is 7.87. The summed E-state index contributed by atoms with van der Waals surface area (Å²) in [4.78, 5) is 14.5. The van der Waals surface area contributed by atoms with Crippen LogP contribution in [0.2, 0.25) is 0 Å². The number of amides is 1. The standard InChI is InChI=1S/C16H33N3O/c1-4-12-19(5-2)13-11-18-15(20)14-16(17-3)9-7-6-8-10-16/h17H,4-14H2,1-3H3,(H,18,20). The number of nitrogens with one attached hydrogen (secondary N) is 2. The van der Waals surface area contributed by atoms with Crippen LogP contribution in [0, 0.1) is 0 Å². The topological polar surface area (TPSA) is 44.4 Å². The summed E-state index contributed by atoms with van der Waals surface area (Å²) in [6, 6.07) is 0. The van der Waals surface area contributed by atoms with Crippen molar-refractivity contribution in [3.05, 3.63) is 0 Å². The van der Waals surface area contributed by atoms with Gasteiger partial charge in [-0.05, 0) is 39.4 Å². The molecule has 0 aliphatic heterocycles. The van der Waals surface area contributed by atoms with Gasteiger partial charge in [-0.3, -0.25) is 4.79 Å². The van der Waals surface area contributed by atoms with Crippen LogP contribution in [0.4, 0.5) is 0 Å². The van der Waals surface area contributed by atoms with Crippen molar-refractivity contribution in [1.29, 1.82) is 0 Å². The van der Waals surface area contributed by atoms with E-state index < -0.39 is 0 Å². The lowest BCUT2D eigenvalue weighted by atomic mass is 9.79. The molecule has 0 heterocycles. The van der Waals surface area contributed by atoms with E-state index in [4.69, 9.17) is 0 Å². The lowest BCUT2D eigenvalue weighted by Crippen LogP contribution is -2.48. The van der Waals surface area contributed by atoms with Gasteiger partial charge in [-0.1, -0.05) is 33.1 Å². The maximum atomic E-state index is 12.1. The molecule has 4 heteroatoms. The lowest BCUT2D eigenvalue weighted by Gasteiger charge is -2.36. The first-order valence-electron chi connectivity index (χ1n) is 8.33. The molecule has 2 N–H and O–H groups in total. The van der Waals surface area contributed by atoms with Crippen LogP contribution in [0.5, 0.6) is 0 Å². The number of rotatable bonds is 9. The van der Waals surface area contributed by atoms with Gasteiger partial charge in [0.25, 0.3) is 0 Å². The van der Waals surface area contributed by atoms with E-state index in [1.807, 2.05) is 7.05 Å². The summed E-state index contributed by atoms with van der Waals surface area (Å²) in [7, 11) is 2.00. The van der Waals surface area contributed by atoms with Gasteiger partial charge < -0.3 is 15.5 Å². The molecule has 1 rings (SSSR count). The summed E-state index contributed by atoms with van der Waals surface area (Å²) in [6.45, 7) is 8.28. The molecule has 0 atom stereocenters. The van der Waals surface area contributed by atoms with Gasteiger partial charge in [0.2, 0.25) is 5.91 Å². The van der Waals surface area contributed by atoms with Gasteiger partial charge in [0.05, 0.1) is 0 Å². The first kappa shape index (κ1) is 17.4. The maximum Gasteiger partial charge on any atom is 0.221 e. The average Bonchev–Trinajstić information content (AvgIpc) is 2.47. The van der Waals surface area contributed by atoms with Crippen LogP contribution in [-0.2, 0) is 4.79 Å². The Bertz CT molecular complexity index is 275. The molecule has 118 valence electrons. The molecule has 1 aliphatic carbocycles. The monoisotopic (exact) mass is 283 g/mol. The Morgan fingerprint density at radius 3 is 2.40 bits per heavy atom. The molecular formula is C16H33N3O.